The molecule has 0 amide bonds. The van der Waals surface area contributed by atoms with Gasteiger partial charge in [-0.3, -0.25) is 0 Å². The highest BCUT2D eigenvalue weighted by Gasteiger charge is 2.07. The molecule has 0 fully saturated rings. The Kier molecular flexibility index (Phi) is 4.40. The third kappa shape index (κ3) is 3.06. The van der Waals surface area contributed by atoms with Crippen molar-refractivity contribution in [3.8, 4) is 16.9 Å². The van der Waals surface area contributed by atoms with Gasteiger partial charge in [0, 0.05) is 12.1 Å². The molecule has 0 unspecified atom stereocenters. The largest absolute Gasteiger partial charge is 0.496 e. The molecule has 0 aliphatic rings. The van der Waals surface area contributed by atoms with Crippen molar-refractivity contribution in [2.24, 2.45) is 0 Å². The molecule has 1 N–H and O–H groups in total. The number of halogens is 2. The van der Waals surface area contributed by atoms with Crippen molar-refractivity contribution in [1.29, 1.82) is 0 Å². The van der Waals surface area contributed by atoms with E-state index in [-0.39, 0.29) is 5.02 Å². The molecule has 0 saturated heterocycles. The van der Waals surface area contributed by atoms with Gasteiger partial charge in [0.1, 0.15) is 11.6 Å². The summed E-state index contributed by atoms with van der Waals surface area (Å²) in [6.45, 7) is 0.700. The van der Waals surface area contributed by atoms with Gasteiger partial charge in [0.15, 0.2) is 0 Å². The molecule has 0 aromatic heterocycles. The van der Waals surface area contributed by atoms with Crippen molar-refractivity contribution in [1.82, 2.24) is 5.32 Å². The fourth-order valence-corrected chi connectivity index (χ4v) is 2.14. The lowest BCUT2D eigenvalue weighted by Crippen LogP contribution is -2.06. The first kappa shape index (κ1) is 13.8. The molecule has 2 aromatic rings. The Morgan fingerprint density at radius 1 is 1.16 bits per heavy atom. The van der Waals surface area contributed by atoms with Crippen LogP contribution in [0.1, 0.15) is 5.56 Å². The molecule has 0 heterocycles. The van der Waals surface area contributed by atoms with E-state index < -0.39 is 5.82 Å². The van der Waals surface area contributed by atoms with Crippen molar-refractivity contribution < 1.29 is 9.13 Å². The maximum absolute atomic E-state index is 13.2. The Morgan fingerprint density at radius 2 is 1.84 bits per heavy atom. The Hall–Kier alpha value is -1.58. The van der Waals surface area contributed by atoms with Crippen LogP contribution in [0, 0.1) is 5.82 Å². The smallest absolute Gasteiger partial charge is 0.141 e. The molecule has 2 nitrogen and oxygen atoms in total. The fraction of sp³-hybridized carbons (Fsp3) is 0.200. The second-order valence-corrected chi connectivity index (χ2v) is 4.59. The highest BCUT2D eigenvalue weighted by atomic mass is 35.5. The van der Waals surface area contributed by atoms with Crippen molar-refractivity contribution >= 4 is 11.6 Å². The van der Waals surface area contributed by atoms with E-state index >= 15 is 0 Å². The predicted octanol–water partition coefficient (Wildman–Crippen LogP) is 3.87. The van der Waals surface area contributed by atoms with Gasteiger partial charge in [-0.05, 0) is 42.4 Å². The molecule has 0 spiro atoms. The van der Waals surface area contributed by atoms with Crippen LogP contribution < -0.4 is 10.1 Å². The molecule has 2 rings (SSSR count). The summed E-state index contributed by atoms with van der Waals surface area (Å²) in [4.78, 5) is 0. The first-order valence-corrected chi connectivity index (χ1v) is 6.30. The van der Waals surface area contributed by atoms with Gasteiger partial charge in [-0.1, -0.05) is 23.7 Å². The molecule has 0 saturated carbocycles. The zero-order chi connectivity index (χ0) is 13.8. The summed E-state index contributed by atoms with van der Waals surface area (Å²) in [5.41, 5.74) is 2.90. The minimum atomic E-state index is -0.408. The van der Waals surface area contributed by atoms with Crippen LogP contribution in [0.3, 0.4) is 0 Å². The monoisotopic (exact) mass is 279 g/mol. The van der Waals surface area contributed by atoms with Gasteiger partial charge < -0.3 is 10.1 Å². The molecular formula is C15H15ClFNO. The first-order chi connectivity index (χ1) is 9.15. The summed E-state index contributed by atoms with van der Waals surface area (Å²) < 4.78 is 18.5. The summed E-state index contributed by atoms with van der Waals surface area (Å²) in [5, 5.41) is 3.22. The first-order valence-electron chi connectivity index (χ1n) is 5.92. The molecule has 19 heavy (non-hydrogen) atoms. The topological polar surface area (TPSA) is 21.3 Å². The molecule has 0 bridgehead atoms. The quantitative estimate of drug-likeness (QED) is 0.917. The number of hydrogen-bond acceptors (Lipinski definition) is 2. The van der Waals surface area contributed by atoms with Crippen LogP contribution in [0.4, 0.5) is 4.39 Å². The molecule has 100 valence electrons. The van der Waals surface area contributed by atoms with Crippen molar-refractivity contribution in [2.75, 3.05) is 14.2 Å². The van der Waals surface area contributed by atoms with E-state index in [9.17, 15) is 4.39 Å². The number of methoxy groups -OCH3 is 1. The second kappa shape index (κ2) is 6.04. The summed E-state index contributed by atoms with van der Waals surface area (Å²) in [7, 11) is 3.52. The van der Waals surface area contributed by atoms with Gasteiger partial charge in [-0.2, -0.15) is 0 Å². The van der Waals surface area contributed by atoms with Crippen LogP contribution in [-0.4, -0.2) is 14.2 Å². The normalized spacial score (nSPS) is 10.5. The van der Waals surface area contributed by atoms with Crippen LogP contribution in [0.25, 0.3) is 11.1 Å². The zero-order valence-electron chi connectivity index (χ0n) is 10.8. The van der Waals surface area contributed by atoms with Gasteiger partial charge in [0.2, 0.25) is 0 Å². The average molecular weight is 280 g/mol. The summed E-state index contributed by atoms with van der Waals surface area (Å²) in [6, 6.07) is 10.6. The minimum absolute atomic E-state index is 0.128. The van der Waals surface area contributed by atoms with E-state index in [2.05, 4.69) is 5.32 Å². The van der Waals surface area contributed by atoms with Gasteiger partial charge in [0.05, 0.1) is 12.1 Å². The van der Waals surface area contributed by atoms with Crippen molar-refractivity contribution in [2.45, 2.75) is 6.54 Å². The van der Waals surface area contributed by atoms with Crippen LogP contribution >= 0.6 is 11.6 Å². The van der Waals surface area contributed by atoms with Gasteiger partial charge in [-0.25, -0.2) is 4.39 Å². The standard InChI is InChI=1S/C15H15ClFNO/c1-18-9-12-7-10(4-6-15(12)19-2)11-3-5-14(17)13(16)8-11/h3-8,18H,9H2,1-2H3. The van der Waals surface area contributed by atoms with E-state index in [1.165, 1.54) is 6.07 Å². The van der Waals surface area contributed by atoms with Gasteiger partial charge >= 0.3 is 0 Å². The Morgan fingerprint density at radius 3 is 2.47 bits per heavy atom. The fourth-order valence-electron chi connectivity index (χ4n) is 1.96. The SMILES string of the molecule is CNCc1cc(-c2ccc(F)c(Cl)c2)ccc1OC. The highest BCUT2D eigenvalue weighted by Crippen LogP contribution is 2.29. The van der Waals surface area contributed by atoms with Crippen molar-refractivity contribution in [3.63, 3.8) is 0 Å². The van der Waals surface area contributed by atoms with E-state index in [0.717, 1.165) is 22.4 Å². The number of hydrogen-bond donors (Lipinski definition) is 1. The van der Waals surface area contributed by atoms with Crippen LogP contribution in [0.2, 0.25) is 5.02 Å². The average Bonchev–Trinajstić information content (AvgIpc) is 2.42. The lowest BCUT2D eigenvalue weighted by atomic mass is 10.0. The summed E-state index contributed by atoms with van der Waals surface area (Å²) in [6.07, 6.45) is 0. The molecule has 4 heteroatoms. The molecule has 0 aliphatic carbocycles. The lowest BCUT2D eigenvalue weighted by Gasteiger charge is -2.11. The van der Waals surface area contributed by atoms with E-state index in [4.69, 9.17) is 16.3 Å². The van der Waals surface area contributed by atoms with Crippen LogP contribution in [-0.2, 0) is 6.54 Å². The molecule has 0 atom stereocenters. The Labute approximate surface area is 117 Å². The van der Waals surface area contributed by atoms with Gasteiger partial charge in [0.25, 0.3) is 0 Å². The van der Waals surface area contributed by atoms with Crippen LogP contribution in [0.5, 0.6) is 5.75 Å². The highest BCUT2D eigenvalue weighted by molar-refractivity contribution is 6.31. The molecule has 2 aromatic carbocycles. The summed E-state index contributed by atoms with van der Waals surface area (Å²) in [5.74, 6) is 0.417. The van der Waals surface area contributed by atoms with E-state index in [1.807, 2.05) is 25.2 Å². The summed E-state index contributed by atoms with van der Waals surface area (Å²) >= 11 is 5.81. The predicted molar refractivity (Wildman–Crippen MR) is 76.2 cm³/mol. The molecule has 0 radical (unpaired) electrons. The Balaban J connectivity index is 2.44. The second-order valence-electron chi connectivity index (χ2n) is 4.19. The maximum atomic E-state index is 13.2. The Bertz CT molecular complexity index is 586. The molecular weight excluding hydrogens is 265 g/mol. The van der Waals surface area contributed by atoms with Crippen LogP contribution in [0.15, 0.2) is 36.4 Å². The minimum Gasteiger partial charge on any atom is -0.496 e. The maximum Gasteiger partial charge on any atom is 0.141 e. The molecule has 0 aliphatic heterocycles. The number of ether oxygens (including phenoxy) is 1. The third-order valence-electron chi connectivity index (χ3n) is 2.90. The number of nitrogens with one attached hydrogen (secondary N) is 1. The third-order valence-corrected chi connectivity index (χ3v) is 3.19. The number of rotatable bonds is 4. The van der Waals surface area contributed by atoms with E-state index in [1.54, 1.807) is 19.2 Å². The number of benzene rings is 2. The van der Waals surface area contributed by atoms with Crippen molar-refractivity contribution in [3.05, 3.63) is 52.8 Å². The van der Waals surface area contributed by atoms with E-state index in [0.29, 0.717) is 6.54 Å². The lowest BCUT2D eigenvalue weighted by molar-refractivity contribution is 0.408. The zero-order valence-corrected chi connectivity index (χ0v) is 11.6. The van der Waals surface area contributed by atoms with Gasteiger partial charge in [-0.15, -0.1) is 0 Å².